The molecule has 0 radical (unpaired) electrons. The van der Waals surface area contributed by atoms with E-state index in [4.69, 9.17) is 4.79 Å². The van der Waals surface area contributed by atoms with Crippen LogP contribution in [0.1, 0.15) is 92.6 Å². The number of hydrogen-bond donors (Lipinski definition) is 0. The molecule has 0 aliphatic heterocycles. The summed E-state index contributed by atoms with van der Waals surface area (Å²) in [6, 6.07) is 6.70. The molecule has 1 aliphatic rings. The number of Topliss-reactive ketones (excluding diaryl/α,β-unsaturated/α-hetero) is 1. The molecule has 2 nitrogen and oxygen atoms in total. The van der Waals surface area contributed by atoms with Crippen molar-refractivity contribution in [2.45, 2.75) is 93.9 Å². The number of hydrogen-bond acceptors (Lipinski definition) is 2. The fraction of sp³-hybridized carbons (Fsp3) is 0.692. The molecule has 0 unspecified atom stereocenters. The Kier molecular flexibility index (Phi) is 32.8. The van der Waals surface area contributed by atoms with Gasteiger partial charge in [0.2, 0.25) is 0 Å². The third kappa shape index (κ3) is 22.7. The van der Waals surface area contributed by atoms with E-state index < -0.39 is 0 Å². The highest BCUT2D eigenvalue weighted by Gasteiger charge is 2.21. The molecule has 0 atom stereocenters. The van der Waals surface area contributed by atoms with Crippen molar-refractivity contribution in [1.82, 2.24) is 0 Å². The van der Waals surface area contributed by atoms with E-state index in [1.807, 2.05) is 40.6 Å². The summed E-state index contributed by atoms with van der Waals surface area (Å²) in [6.45, 7) is 18.3. The summed E-state index contributed by atoms with van der Waals surface area (Å²) in [5, 5.41) is 0. The van der Waals surface area contributed by atoms with Gasteiger partial charge in [-0.05, 0) is 43.2 Å². The second kappa shape index (κ2) is 27.4. The summed E-state index contributed by atoms with van der Waals surface area (Å²) < 4.78 is 21.8. The highest BCUT2D eigenvalue weighted by atomic mass is 19.1. The summed E-state index contributed by atoms with van der Waals surface area (Å²) in [4.78, 5) is 19.5. The molecule has 2 rings (SSSR count). The Bertz CT molecular complexity index is 447. The van der Waals surface area contributed by atoms with E-state index in [1.165, 1.54) is 38.2 Å². The molecule has 0 heterocycles. The van der Waals surface area contributed by atoms with Crippen molar-refractivity contribution in [3.63, 3.8) is 0 Å². The van der Waals surface area contributed by atoms with Gasteiger partial charge in [0.05, 0.1) is 7.18 Å². The van der Waals surface area contributed by atoms with Crippen LogP contribution in [0.15, 0.2) is 24.3 Å². The average molecular weight is 431 g/mol. The van der Waals surface area contributed by atoms with Gasteiger partial charge in [0, 0.05) is 12.3 Å². The SMILES string of the molecule is C=O.CC.CC1CCC(CC(=O)C(C)C)CC1.CCC.CF.Cc1ccccc1F. The van der Waals surface area contributed by atoms with Gasteiger partial charge in [-0.25, -0.2) is 4.39 Å². The van der Waals surface area contributed by atoms with Crippen molar-refractivity contribution in [1.29, 1.82) is 0 Å². The van der Waals surface area contributed by atoms with Crippen LogP contribution in [0, 0.1) is 30.5 Å². The van der Waals surface area contributed by atoms with Crippen LogP contribution in [-0.4, -0.2) is 19.7 Å². The molecule has 0 bridgehead atoms. The molecule has 1 aliphatic carbocycles. The van der Waals surface area contributed by atoms with Crippen molar-refractivity contribution < 1.29 is 18.4 Å². The Morgan fingerprint density at radius 1 is 1.03 bits per heavy atom. The molecule has 178 valence electrons. The number of carbonyl (C=O) groups is 2. The molecular weight excluding hydrogens is 382 g/mol. The Hall–Kier alpha value is -1.58. The fourth-order valence-electron chi connectivity index (χ4n) is 2.60. The van der Waals surface area contributed by atoms with Gasteiger partial charge in [0.15, 0.2) is 0 Å². The fourth-order valence-corrected chi connectivity index (χ4v) is 2.60. The van der Waals surface area contributed by atoms with Crippen LogP contribution in [-0.2, 0) is 9.59 Å². The van der Waals surface area contributed by atoms with E-state index in [9.17, 15) is 13.6 Å². The summed E-state index contributed by atoms with van der Waals surface area (Å²) >= 11 is 0. The van der Waals surface area contributed by atoms with Crippen LogP contribution in [0.25, 0.3) is 0 Å². The van der Waals surface area contributed by atoms with Crippen molar-refractivity contribution in [2.24, 2.45) is 17.8 Å². The van der Waals surface area contributed by atoms with Crippen molar-refractivity contribution >= 4 is 12.6 Å². The molecule has 4 heteroatoms. The lowest BCUT2D eigenvalue weighted by molar-refractivity contribution is -0.123. The third-order valence-electron chi connectivity index (χ3n) is 4.35. The van der Waals surface area contributed by atoms with Crippen molar-refractivity contribution in [3.05, 3.63) is 35.6 Å². The smallest absolute Gasteiger partial charge is 0.135 e. The van der Waals surface area contributed by atoms with Crippen molar-refractivity contribution in [3.8, 4) is 0 Å². The highest BCUT2D eigenvalue weighted by Crippen LogP contribution is 2.30. The van der Waals surface area contributed by atoms with Gasteiger partial charge in [-0.15, -0.1) is 0 Å². The first-order valence-corrected chi connectivity index (χ1v) is 11.2. The van der Waals surface area contributed by atoms with Gasteiger partial charge >= 0.3 is 0 Å². The van der Waals surface area contributed by atoms with E-state index >= 15 is 0 Å². The first kappa shape index (κ1) is 35.8. The largest absolute Gasteiger partial charge is 0.307 e. The lowest BCUT2D eigenvalue weighted by atomic mass is 9.80. The van der Waals surface area contributed by atoms with Gasteiger partial charge in [0.1, 0.15) is 18.4 Å². The molecule has 0 N–H and O–H groups in total. The molecule has 1 aromatic rings. The highest BCUT2D eigenvalue weighted by molar-refractivity contribution is 5.80. The maximum atomic E-state index is 12.3. The predicted octanol–water partition coefficient (Wildman–Crippen LogP) is 8.41. The Morgan fingerprint density at radius 3 is 1.73 bits per heavy atom. The van der Waals surface area contributed by atoms with E-state index in [0.717, 1.165) is 12.3 Å². The second-order valence-electron chi connectivity index (χ2n) is 7.41. The number of aryl methyl sites for hydroxylation is 1. The minimum atomic E-state index is -0.132. The Labute approximate surface area is 185 Å². The summed E-state index contributed by atoms with van der Waals surface area (Å²) in [6.07, 6.45) is 7.30. The molecule has 1 saturated carbocycles. The molecule has 0 spiro atoms. The summed E-state index contributed by atoms with van der Waals surface area (Å²) in [7, 11) is 0.500. The number of rotatable bonds is 3. The number of carbonyl (C=O) groups excluding carboxylic acids is 2. The molecule has 30 heavy (non-hydrogen) atoms. The predicted molar refractivity (Wildman–Crippen MR) is 128 cm³/mol. The Balaban J connectivity index is -0.000000170. The first-order chi connectivity index (χ1) is 14.3. The van der Waals surface area contributed by atoms with Gasteiger partial charge < -0.3 is 4.79 Å². The molecule has 0 aromatic heterocycles. The lowest BCUT2D eigenvalue weighted by Gasteiger charge is -2.25. The van der Waals surface area contributed by atoms with Gasteiger partial charge in [-0.1, -0.05) is 85.9 Å². The van der Waals surface area contributed by atoms with Gasteiger partial charge in [0.25, 0.3) is 0 Å². The number of ketones is 1. The zero-order valence-corrected chi connectivity index (χ0v) is 21.1. The monoisotopic (exact) mass is 430 g/mol. The van der Waals surface area contributed by atoms with Crippen LogP contribution < -0.4 is 0 Å². The summed E-state index contributed by atoms with van der Waals surface area (Å²) in [5.74, 6) is 2.16. The maximum Gasteiger partial charge on any atom is 0.135 e. The van der Waals surface area contributed by atoms with Crippen LogP contribution in [0.2, 0.25) is 0 Å². The molecule has 1 fully saturated rings. The standard InChI is InChI=1S/C12H22O.C7H7F.C3H8.C2H6.CH3F.CH2O/c1-9(2)12(13)8-11-6-4-10(3)5-7-11;1-6-4-2-3-5-7(6)8;1-3-2;3*1-2/h9-11H,4-8H2,1-3H3;2-5H,1H3;3H2,1-2H3;1-2H3;1H3;1H2. The summed E-state index contributed by atoms with van der Waals surface area (Å²) in [5.41, 5.74) is 0.701. The van der Waals surface area contributed by atoms with Gasteiger partial charge in [-0.3, -0.25) is 9.18 Å². The van der Waals surface area contributed by atoms with E-state index in [2.05, 4.69) is 20.8 Å². The first-order valence-electron chi connectivity index (χ1n) is 11.2. The van der Waals surface area contributed by atoms with Crippen LogP contribution >= 0.6 is 0 Å². The van der Waals surface area contributed by atoms with Crippen molar-refractivity contribution in [2.75, 3.05) is 7.18 Å². The lowest BCUT2D eigenvalue weighted by Crippen LogP contribution is -2.18. The minimum Gasteiger partial charge on any atom is -0.307 e. The Morgan fingerprint density at radius 2 is 1.43 bits per heavy atom. The zero-order valence-electron chi connectivity index (χ0n) is 21.1. The normalized spacial score (nSPS) is 16.3. The number of alkyl halides is 1. The minimum absolute atomic E-state index is 0.132. The quantitative estimate of drug-likeness (QED) is 0.482. The van der Waals surface area contributed by atoms with Crippen LogP contribution in [0.4, 0.5) is 8.78 Å². The number of halogens is 2. The molecule has 0 saturated heterocycles. The van der Waals surface area contributed by atoms with E-state index in [-0.39, 0.29) is 11.7 Å². The molecule has 0 amide bonds. The number of benzene rings is 1. The molecule has 1 aromatic carbocycles. The van der Waals surface area contributed by atoms with E-state index in [0.29, 0.717) is 24.4 Å². The van der Waals surface area contributed by atoms with E-state index in [1.54, 1.807) is 19.1 Å². The molecular formula is C26H48F2O2. The van der Waals surface area contributed by atoms with Gasteiger partial charge in [-0.2, -0.15) is 0 Å². The van der Waals surface area contributed by atoms with Crippen LogP contribution in [0.5, 0.6) is 0 Å². The van der Waals surface area contributed by atoms with Crippen LogP contribution in [0.3, 0.4) is 0 Å². The second-order valence-corrected chi connectivity index (χ2v) is 7.41. The maximum absolute atomic E-state index is 12.3. The average Bonchev–Trinajstić information content (AvgIpc) is 2.77. The third-order valence-corrected chi connectivity index (χ3v) is 4.35. The topological polar surface area (TPSA) is 34.1 Å². The zero-order chi connectivity index (χ0) is 24.5.